The van der Waals surface area contributed by atoms with Crippen LogP contribution in [0.25, 0.3) is 0 Å². The van der Waals surface area contributed by atoms with E-state index in [1.165, 1.54) is 6.08 Å². The van der Waals surface area contributed by atoms with Crippen molar-refractivity contribution in [3.05, 3.63) is 11.1 Å². The fourth-order valence-electron chi connectivity index (χ4n) is 0.109. The van der Waals surface area contributed by atoms with E-state index in [1.807, 2.05) is 0 Å². The van der Waals surface area contributed by atoms with Crippen LogP contribution in [0.5, 0.6) is 0 Å². The number of alkyl halides is 1. The summed E-state index contributed by atoms with van der Waals surface area (Å²) in [4.78, 5) is 0. The van der Waals surface area contributed by atoms with Crippen LogP contribution in [0, 0.1) is 11.3 Å². The van der Waals surface area contributed by atoms with Gasteiger partial charge >= 0.3 is 0 Å². The topological polar surface area (TPSA) is 23.8 Å². The minimum atomic E-state index is 0.217. The van der Waals surface area contributed by atoms with Crippen molar-refractivity contribution in [3.63, 3.8) is 0 Å². The van der Waals surface area contributed by atoms with Crippen molar-refractivity contribution in [2.24, 2.45) is 0 Å². The number of hydrogen-bond acceptors (Lipinski definition) is 1. The summed E-state index contributed by atoms with van der Waals surface area (Å²) in [6.07, 6.45) is 1.20. The van der Waals surface area contributed by atoms with Crippen LogP contribution in [-0.2, 0) is 0 Å². The standard InChI is InChI=1S/C4H3Cl2N/c5-3-4(6)1-2-7/h1H,3H2/b4-1-. The molecule has 0 saturated heterocycles. The zero-order valence-corrected chi connectivity index (χ0v) is 5.00. The van der Waals surface area contributed by atoms with E-state index in [-0.39, 0.29) is 5.88 Å². The first-order valence-corrected chi connectivity index (χ1v) is 2.52. The summed E-state index contributed by atoms with van der Waals surface area (Å²) in [5.41, 5.74) is 0. The third kappa shape index (κ3) is 3.65. The lowest BCUT2D eigenvalue weighted by Gasteiger charge is -1.78. The van der Waals surface area contributed by atoms with Gasteiger partial charge in [-0.3, -0.25) is 0 Å². The number of nitriles is 1. The number of rotatable bonds is 1. The molecular formula is C4H3Cl2N. The maximum absolute atomic E-state index is 7.90. The molecule has 0 N–H and O–H groups in total. The molecule has 0 heterocycles. The highest BCUT2D eigenvalue weighted by Gasteiger charge is 1.82. The summed E-state index contributed by atoms with van der Waals surface area (Å²) in [5, 5.41) is 8.28. The molecule has 0 amide bonds. The lowest BCUT2D eigenvalue weighted by molar-refractivity contribution is 1.52. The van der Waals surface area contributed by atoms with Crippen LogP contribution < -0.4 is 0 Å². The Hall–Kier alpha value is -0.190. The molecule has 0 bridgehead atoms. The molecule has 0 rings (SSSR count). The number of halogens is 2. The Bertz CT molecular complexity index is 111. The molecule has 0 aromatic carbocycles. The zero-order chi connectivity index (χ0) is 5.70. The van der Waals surface area contributed by atoms with Gasteiger partial charge in [-0.05, 0) is 0 Å². The molecule has 0 aliphatic heterocycles. The van der Waals surface area contributed by atoms with Gasteiger partial charge in [-0.2, -0.15) is 5.26 Å². The van der Waals surface area contributed by atoms with E-state index in [0.29, 0.717) is 5.03 Å². The summed E-state index contributed by atoms with van der Waals surface area (Å²) in [6.45, 7) is 0. The molecule has 0 aliphatic rings. The van der Waals surface area contributed by atoms with Crippen LogP contribution in [0.1, 0.15) is 0 Å². The number of nitrogens with zero attached hydrogens (tertiary/aromatic N) is 1. The van der Waals surface area contributed by atoms with Gasteiger partial charge in [0.25, 0.3) is 0 Å². The number of allylic oxidation sites excluding steroid dienone is 2. The van der Waals surface area contributed by atoms with Gasteiger partial charge in [-0.25, -0.2) is 0 Å². The van der Waals surface area contributed by atoms with Crippen molar-refractivity contribution >= 4 is 23.2 Å². The Morgan fingerprint density at radius 3 is 2.57 bits per heavy atom. The second-order valence-corrected chi connectivity index (χ2v) is 1.61. The quantitative estimate of drug-likeness (QED) is 0.398. The lowest BCUT2D eigenvalue weighted by atomic mass is 10.6. The van der Waals surface area contributed by atoms with E-state index in [0.717, 1.165) is 0 Å². The Kier molecular flexibility index (Phi) is 3.87. The highest BCUT2D eigenvalue weighted by Crippen LogP contribution is 2.00. The summed E-state index contributed by atoms with van der Waals surface area (Å²) >= 11 is 10.5. The molecule has 0 saturated carbocycles. The van der Waals surface area contributed by atoms with Crippen LogP contribution in [0.2, 0.25) is 0 Å². The van der Waals surface area contributed by atoms with Crippen molar-refractivity contribution in [3.8, 4) is 6.07 Å². The average Bonchev–Trinajstić information content (AvgIpc) is 1.68. The smallest absolute Gasteiger partial charge is 0.0924 e. The van der Waals surface area contributed by atoms with Gasteiger partial charge < -0.3 is 0 Å². The molecule has 38 valence electrons. The summed E-state index contributed by atoms with van der Waals surface area (Å²) in [5.74, 6) is 0.217. The van der Waals surface area contributed by atoms with Gasteiger partial charge in [0.2, 0.25) is 0 Å². The predicted octanol–water partition coefficient (Wildman–Crippen LogP) is 1.87. The Balaban J connectivity index is 3.56. The molecular weight excluding hydrogens is 133 g/mol. The van der Waals surface area contributed by atoms with Crippen molar-refractivity contribution in [1.29, 1.82) is 5.26 Å². The summed E-state index contributed by atoms with van der Waals surface area (Å²) in [6, 6.07) is 1.74. The third-order valence-electron chi connectivity index (χ3n) is 0.349. The molecule has 0 atom stereocenters. The first-order valence-electron chi connectivity index (χ1n) is 1.61. The second-order valence-electron chi connectivity index (χ2n) is 0.854. The average molecular weight is 136 g/mol. The van der Waals surface area contributed by atoms with Gasteiger partial charge in [-0.15, -0.1) is 11.6 Å². The first kappa shape index (κ1) is 6.81. The largest absolute Gasteiger partial charge is 0.193 e. The van der Waals surface area contributed by atoms with E-state index >= 15 is 0 Å². The second kappa shape index (κ2) is 3.98. The molecule has 0 aromatic rings. The highest BCUT2D eigenvalue weighted by molar-refractivity contribution is 6.35. The normalized spacial score (nSPS) is 10.7. The van der Waals surface area contributed by atoms with Gasteiger partial charge in [0.05, 0.1) is 11.9 Å². The Morgan fingerprint density at radius 1 is 1.86 bits per heavy atom. The molecule has 0 aliphatic carbocycles. The van der Waals surface area contributed by atoms with E-state index in [9.17, 15) is 0 Å². The Labute approximate surface area is 52.1 Å². The number of hydrogen-bond donors (Lipinski definition) is 0. The van der Waals surface area contributed by atoms with Crippen molar-refractivity contribution in [2.75, 3.05) is 5.88 Å². The van der Waals surface area contributed by atoms with Crippen molar-refractivity contribution in [2.45, 2.75) is 0 Å². The third-order valence-corrected chi connectivity index (χ3v) is 1.02. The summed E-state index contributed by atoms with van der Waals surface area (Å²) in [7, 11) is 0. The highest BCUT2D eigenvalue weighted by atomic mass is 35.5. The molecule has 0 radical (unpaired) electrons. The maximum atomic E-state index is 7.90. The minimum Gasteiger partial charge on any atom is -0.193 e. The monoisotopic (exact) mass is 135 g/mol. The van der Waals surface area contributed by atoms with Gasteiger partial charge in [-0.1, -0.05) is 11.6 Å². The van der Waals surface area contributed by atoms with Gasteiger partial charge in [0.15, 0.2) is 0 Å². The molecule has 0 fully saturated rings. The molecule has 0 spiro atoms. The minimum absolute atomic E-state index is 0.217. The van der Waals surface area contributed by atoms with Crippen molar-refractivity contribution in [1.82, 2.24) is 0 Å². The van der Waals surface area contributed by atoms with Crippen LogP contribution >= 0.6 is 23.2 Å². The van der Waals surface area contributed by atoms with E-state index in [1.54, 1.807) is 6.07 Å². The molecule has 7 heavy (non-hydrogen) atoms. The van der Waals surface area contributed by atoms with E-state index in [2.05, 4.69) is 0 Å². The molecule has 0 aromatic heterocycles. The SMILES string of the molecule is N#C/C=C(\Cl)CCl. The van der Waals surface area contributed by atoms with E-state index < -0.39 is 0 Å². The fourth-order valence-corrected chi connectivity index (χ4v) is 0.235. The lowest BCUT2D eigenvalue weighted by Crippen LogP contribution is -1.67. The van der Waals surface area contributed by atoms with Crippen molar-refractivity contribution < 1.29 is 0 Å². The first-order chi connectivity index (χ1) is 3.31. The van der Waals surface area contributed by atoms with Crippen LogP contribution in [0.3, 0.4) is 0 Å². The molecule has 0 unspecified atom stereocenters. The fraction of sp³-hybridized carbons (Fsp3) is 0.250. The zero-order valence-electron chi connectivity index (χ0n) is 3.49. The van der Waals surface area contributed by atoms with Crippen LogP contribution in [0.15, 0.2) is 11.1 Å². The van der Waals surface area contributed by atoms with E-state index in [4.69, 9.17) is 28.5 Å². The summed E-state index contributed by atoms with van der Waals surface area (Å²) < 4.78 is 0. The molecule has 3 heteroatoms. The predicted molar refractivity (Wildman–Crippen MR) is 30.3 cm³/mol. The van der Waals surface area contributed by atoms with Gasteiger partial charge in [0.1, 0.15) is 0 Å². The maximum Gasteiger partial charge on any atom is 0.0924 e. The van der Waals surface area contributed by atoms with Crippen LogP contribution in [-0.4, -0.2) is 5.88 Å². The van der Waals surface area contributed by atoms with Crippen LogP contribution in [0.4, 0.5) is 0 Å². The molecule has 1 nitrogen and oxygen atoms in total. The van der Waals surface area contributed by atoms with Gasteiger partial charge in [0, 0.05) is 11.1 Å². The Morgan fingerprint density at radius 2 is 2.43 bits per heavy atom.